The second-order valence-electron chi connectivity index (χ2n) is 10.6. The van der Waals surface area contributed by atoms with Gasteiger partial charge in [-0.1, -0.05) is 6.07 Å². The van der Waals surface area contributed by atoms with E-state index in [-0.39, 0.29) is 71.6 Å². The Morgan fingerprint density at radius 3 is 2.39 bits per heavy atom. The van der Waals surface area contributed by atoms with Crippen molar-refractivity contribution in [2.24, 2.45) is 5.73 Å². The molecule has 46 heavy (non-hydrogen) atoms. The largest absolute Gasteiger partial charge is 0.490 e. The van der Waals surface area contributed by atoms with E-state index < -0.39 is 42.2 Å². The van der Waals surface area contributed by atoms with E-state index in [4.69, 9.17) is 19.6 Å². The number of carbonyl (C=O) groups is 3. The first-order valence-electron chi connectivity index (χ1n) is 14.5. The Morgan fingerprint density at radius 2 is 1.74 bits per heavy atom. The summed E-state index contributed by atoms with van der Waals surface area (Å²) >= 11 is 0. The molecular weight excluding hydrogens is 616 g/mol. The molecule has 1 heterocycles. The Kier molecular flexibility index (Phi) is 12.9. The Balaban J connectivity index is 1.68. The van der Waals surface area contributed by atoms with Crippen molar-refractivity contribution in [3.8, 4) is 23.0 Å². The smallest absolute Gasteiger partial charge is 0.387 e. The van der Waals surface area contributed by atoms with Crippen molar-refractivity contribution in [1.29, 1.82) is 0 Å². The number of nitrogens with two attached hydrogens (primary N) is 1. The van der Waals surface area contributed by atoms with Gasteiger partial charge in [0.25, 0.3) is 5.91 Å². The van der Waals surface area contributed by atoms with E-state index in [0.717, 1.165) is 6.07 Å². The number of hydrogen-bond acceptors (Lipinski definition) is 9. The molecule has 11 nitrogen and oxygen atoms in total. The van der Waals surface area contributed by atoms with Gasteiger partial charge in [-0.25, -0.2) is 18.6 Å². The number of halogens is 4. The van der Waals surface area contributed by atoms with Gasteiger partial charge in [0, 0.05) is 30.2 Å². The minimum Gasteiger partial charge on any atom is -0.490 e. The van der Waals surface area contributed by atoms with Crippen molar-refractivity contribution in [1.82, 2.24) is 15.6 Å². The molecule has 0 aliphatic heterocycles. The van der Waals surface area contributed by atoms with Crippen LogP contribution in [0.4, 0.5) is 17.6 Å². The van der Waals surface area contributed by atoms with Gasteiger partial charge in [0.05, 0.1) is 18.8 Å². The predicted molar refractivity (Wildman–Crippen MR) is 157 cm³/mol. The summed E-state index contributed by atoms with van der Waals surface area (Å²) in [5, 5.41) is 5.04. The maximum absolute atomic E-state index is 14.0. The second kappa shape index (κ2) is 16.6. The van der Waals surface area contributed by atoms with Crippen LogP contribution in [0.3, 0.4) is 0 Å². The van der Waals surface area contributed by atoms with E-state index in [0.29, 0.717) is 18.9 Å². The number of rotatable bonds is 16. The van der Waals surface area contributed by atoms with Crippen LogP contribution in [0.25, 0.3) is 11.5 Å². The molecule has 0 aliphatic carbocycles. The lowest BCUT2D eigenvalue weighted by atomic mass is 10.2. The standard InChI is InChI=1S/C31H36F4N4O7/c1-16(2)44-30(42)18(4)38-25(40)7-5-6-12-43-24-13-19(9-11-23(24)45-31(34)35)29-39-26(27(46-29)17(3)36)28(41)37-15-20-8-10-21(32)14-22(20)33/h8-11,13-14,16-18,31H,5-7,12,15,36H2,1-4H3,(H,37,41)(H,38,40)/t17-,18-/m0/s1. The lowest BCUT2D eigenvalue weighted by Gasteiger charge is -2.15. The number of nitrogens with one attached hydrogen (secondary N) is 2. The van der Waals surface area contributed by atoms with E-state index in [1.165, 1.54) is 31.2 Å². The first-order valence-corrected chi connectivity index (χ1v) is 14.5. The van der Waals surface area contributed by atoms with Crippen molar-refractivity contribution in [3.63, 3.8) is 0 Å². The molecule has 0 bridgehead atoms. The summed E-state index contributed by atoms with van der Waals surface area (Å²) in [6.07, 6.45) is 0.478. The highest BCUT2D eigenvalue weighted by molar-refractivity contribution is 5.94. The number of alkyl halides is 2. The van der Waals surface area contributed by atoms with Crippen molar-refractivity contribution >= 4 is 17.8 Å². The number of oxazole rings is 1. The normalized spacial score (nSPS) is 12.5. The molecule has 0 saturated carbocycles. The van der Waals surface area contributed by atoms with Crippen LogP contribution in [-0.2, 0) is 20.9 Å². The fourth-order valence-electron chi connectivity index (χ4n) is 4.07. The topological polar surface area (TPSA) is 155 Å². The Labute approximate surface area is 262 Å². The average molecular weight is 653 g/mol. The van der Waals surface area contributed by atoms with Crippen LogP contribution in [0.15, 0.2) is 40.8 Å². The summed E-state index contributed by atoms with van der Waals surface area (Å²) in [6.45, 7) is 3.06. The lowest BCUT2D eigenvalue weighted by molar-refractivity contribution is -0.150. The highest BCUT2D eigenvalue weighted by atomic mass is 19.3. The minimum absolute atomic E-state index is 0.00696. The third-order valence-corrected chi connectivity index (χ3v) is 6.28. The third-order valence-electron chi connectivity index (χ3n) is 6.28. The molecule has 15 heteroatoms. The van der Waals surface area contributed by atoms with Crippen molar-refractivity contribution in [2.45, 2.75) is 78.3 Å². The number of amides is 2. The van der Waals surface area contributed by atoms with Gasteiger partial charge >= 0.3 is 12.6 Å². The predicted octanol–water partition coefficient (Wildman–Crippen LogP) is 5.18. The second-order valence-corrected chi connectivity index (χ2v) is 10.6. The molecule has 3 rings (SSSR count). The molecule has 0 spiro atoms. The van der Waals surface area contributed by atoms with Gasteiger partial charge in [-0.05, 0) is 64.8 Å². The fourth-order valence-corrected chi connectivity index (χ4v) is 4.07. The number of carbonyl (C=O) groups excluding carboxylic acids is 3. The van der Waals surface area contributed by atoms with Crippen molar-refractivity contribution < 1.29 is 50.6 Å². The number of unbranched alkanes of at least 4 members (excludes halogenated alkanes) is 1. The molecule has 0 fully saturated rings. The van der Waals surface area contributed by atoms with Crippen LogP contribution < -0.4 is 25.8 Å². The molecule has 0 saturated heterocycles. The number of ether oxygens (including phenoxy) is 3. The summed E-state index contributed by atoms with van der Waals surface area (Å²) in [5.41, 5.74) is 6.07. The van der Waals surface area contributed by atoms with Crippen LogP contribution in [0.5, 0.6) is 11.5 Å². The van der Waals surface area contributed by atoms with Gasteiger partial charge in [-0.3, -0.25) is 9.59 Å². The first-order chi connectivity index (χ1) is 21.7. The summed E-state index contributed by atoms with van der Waals surface area (Å²) in [5.74, 6) is -3.69. The Bertz CT molecular complexity index is 1510. The molecule has 2 atom stereocenters. The summed E-state index contributed by atoms with van der Waals surface area (Å²) in [7, 11) is 0. The van der Waals surface area contributed by atoms with Gasteiger partial charge in [-0.15, -0.1) is 0 Å². The maximum Gasteiger partial charge on any atom is 0.387 e. The number of benzene rings is 2. The van der Waals surface area contributed by atoms with Gasteiger partial charge < -0.3 is 35.0 Å². The maximum atomic E-state index is 14.0. The Hall–Kier alpha value is -4.66. The molecule has 4 N–H and O–H groups in total. The quantitative estimate of drug-likeness (QED) is 0.108. The van der Waals surface area contributed by atoms with Gasteiger partial charge in [0.1, 0.15) is 17.7 Å². The van der Waals surface area contributed by atoms with E-state index in [1.807, 2.05) is 0 Å². The number of nitrogens with zero attached hydrogens (tertiary/aromatic N) is 1. The molecule has 3 aromatic rings. The van der Waals surface area contributed by atoms with E-state index >= 15 is 0 Å². The molecule has 0 radical (unpaired) electrons. The van der Waals surface area contributed by atoms with Crippen LogP contribution in [0.1, 0.15) is 74.8 Å². The summed E-state index contributed by atoms with van der Waals surface area (Å²) in [6, 6.07) is 5.25. The van der Waals surface area contributed by atoms with Crippen LogP contribution in [0, 0.1) is 11.6 Å². The van der Waals surface area contributed by atoms with Crippen LogP contribution >= 0.6 is 0 Å². The summed E-state index contributed by atoms with van der Waals surface area (Å²) in [4.78, 5) is 41.2. The summed E-state index contributed by atoms with van der Waals surface area (Å²) < 4.78 is 74.4. The highest BCUT2D eigenvalue weighted by Crippen LogP contribution is 2.35. The molecule has 0 unspecified atom stereocenters. The van der Waals surface area contributed by atoms with Crippen molar-refractivity contribution in [2.75, 3.05) is 6.61 Å². The minimum atomic E-state index is -3.14. The SMILES string of the molecule is CC(C)OC(=O)[C@H](C)NC(=O)CCCCOc1cc(-c2nc(C(=O)NCc3ccc(F)cc3F)c([C@H](C)N)o2)ccc1OC(F)F. The first kappa shape index (κ1) is 35.8. The number of aromatic nitrogens is 1. The zero-order chi connectivity index (χ0) is 34.0. The molecule has 2 aromatic carbocycles. The average Bonchev–Trinajstić information content (AvgIpc) is 3.43. The van der Waals surface area contributed by atoms with Crippen LogP contribution in [-0.4, -0.2) is 48.1 Å². The zero-order valence-electron chi connectivity index (χ0n) is 25.7. The molecule has 0 aliphatic rings. The molecular formula is C31H36F4N4O7. The van der Waals surface area contributed by atoms with E-state index in [1.54, 1.807) is 20.8 Å². The third kappa shape index (κ3) is 10.5. The number of hydrogen-bond donors (Lipinski definition) is 3. The molecule has 2 amide bonds. The van der Waals surface area contributed by atoms with Crippen molar-refractivity contribution in [3.05, 3.63) is 65.1 Å². The number of esters is 1. The van der Waals surface area contributed by atoms with E-state index in [2.05, 4.69) is 20.4 Å². The molecule has 250 valence electrons. The lowest BCUT2D eigenvalue weighted by Crippen LogP contribution is -2.40. The molecule has 1 aromatic heterocycles. The monoisotopic (exact) mass is 652 g/mol. The highest BCUT2D eigenvalue weighted by Gasteiger charge is 2.25. The van der Waals surface area contributed by atoms with Gasteiger partial charge in [0.15, 0.2) is 23.0 Å². The van der Waals surface area contributed by atoms with E-state index in [9.17, 15) is 31.9 Å². The Morgan fingerprint density at radius 1 is 1.00 bits per heavy atom. The van der Waals surface area contributed by atoms with Crippen LogP contribution in [0.2, 0.25) is 0 Å². The van der Waals surface area contributed by atoms with Gasteiger partial charge in [-0.2, -0.15) is 8.78 Å². The zero-order valence-corrected chi connectivity index (χ0v) is 25.7. The van der Waals surface area contributed by atoms with Gasteiger partial charge in [0.2, 0.25) is 11.8 Å². The fraction of sp³-hybridized carbons (Fsp3) is 0.419.